The molecule has 1 aromatic rings. The second-order valence-corrected chi connectivity index (χ2v) is 5.12. The maximum Gasteiger partial charge on any atom is 0.110 e. The Morgan fingerprint density at radius 2 is 2.36 bits per heavy atom. The molecule has 0 atom stereocenters. The molecule has 0 N–H and O–H groups in total. The second kappa shape index (κ2) is 3.72. The van der Waals surface area contributed by atoms with Crippen molar-refractivity contribution >= 4 is 11.3 Å². The van der Waals surface area contributed by atoms with Crippen LogP contribution >= 0.6 is 11.3 Å². The Morgan fingerprint density at radius 3 is 3.00 bits per heavy atom. The van der Waals surface area contributed by atoms with Gasteiger partial charge in [-0.1, -0.05) is 0 Å². The van der Waals surface area contributed by atoms with Crippen LogP contribution in [0.1, 0.15) is 29.2 Å². The zero-order valence-corrected chi connectivity index (χ0v) is 9.40. The van der Waals surface area contributed by atoms with E-state index in [9.17, 15) is 0 Å². The molecule has 0 spiro atoms. The molecular formula is C11H14N2S. The first-order chi connectivity index (χ1) is 6.70. The first-order valence-corrected chi connectivity index (χ1v) is 5.78. The van der Waals surface area contributed by atoms with Crippen molar-refractivity contribution < 1.29 is 0 Å². The number of nitriles is 1. The highest BCUT2D eigenvalue weighted by molar-refractivity contribution is 7.12. The number of fused-ring (bicyclic) bond motifs is 1. The van der Waals surface area contributed by atoms with Gasteiger partial charge in [0.05, 0.1) is 0 Å². The molecule has 1 aliphatic rings. The van der Waals surface area contributed by atoms with Crippen molar-refractivity contribution in [2.75, 3.05) is 6.54 Å². The average Bonchev–Trinajstić information content (AvgIpc) is 2.58. The SMILES string of the molecule is CC(C)N1CCc2sc(C#N)cc2C1. The lowest BCUT2D eigenvalue weighted by molar-refractivity contribution is 0.205. The van der Waals surface area contributed by atoms with E-state index in [0.29, 0.717) is 6.04 Å². The Bertz CT molecular complexity index is 373. The third-order valence-corrected chi connectivity index (χ3v) is 3.88. The highest BCUT2D eigenvalue weighted by Crippen LogP contribution is 2.28. The predicted molar refractivity (Wildman–Crippen MR) is 58.3 cm³/mol. The summed E-state index contributed by atoms with van der Waals surface area (Å²) in [5.74, 6) is 0. The Kier molecular flexibility index (Phi) is 2.58. The van der Waals surface area contributed by atoms with Crippen molar-refractivity contribution in [3.05, 3.63) is 21.4 Å². The van der Waals surface area contributed by atoms with Crippen LogP contribution in [0.2, 0.25) is 0 Å². The topological polar surface area (TPSA) is 27.0 Å². The normalized spacial score (nSPS) is 16.7. The zero-order valence-electron chi connectivity index (χ0n) is 8.58. The summed E-state index contributed by atoms with van der Waals surface area (Å²) in [6.45, 7) is 6.60. The van der Waals surface area contributed by atoms with Crippen molar-refractivity contribution in [3.63, 3.8) is 0 Å². The molecule has 2 heterocycles. The Hall–Kier alpha value is -0.850. The third-order valence-electron chi connectivity index (χ3n) is 2.74. The lowest BCUT2D eigenvalue weighted by Crippen LogP contribution is -2.35. The van der Waals surface area contributed by atoms with Crippen LogP contribution < -0.4 is 0 Å². The van der Waals surface area contributed by atoms with Gasteiger partial charge in [-0.05, 0) is 31.9 Å². The summed E-state index contributed by atoms with van der Waals surface area (Å²) in [7, 11) is 0. The monoisotopic (exact) mass is 206 g/mol. The van der Waals surface area contributed by atoms with Crippen molar-refractivity contribution in [2.45, 2.75) is 32.9 Å². The van der Waals surface area contributed by atoms with Crippen LogP contribution in [-0.2, 0) is 13.0 Å². The van der Waals surface area contributed by atoms with E-state index in [-0.39, 0.29) is 0 Å². The van der Waals surface area contributed by atoms with Gasteiger partial charge >= 0.3 is 0 Å². The molecule has 0 radical (unpaired) electrons. The van der Waals surface area contributed by atoms with Crippen LogP contribution in [-0.4, -0.2) is 17.5 Å². The average molecular weight is 206 g/mol. The lowest BCUT2D eigenvalue weighted by Gasteiger charge is -2.30. The molecule has 0 fully saturated rings. The molecule has 1 aliphatic heterocycles. The van der Waals surface area contributed by atoms with Gasteiger partial charge in [-0.15, -0.1) is 11.3 Å². The number of rotatable bonds is 1. The molecule has 0 aliphatic carbocycles. The largest absolute Gasteiger partial charge is 0.296 e. The van der Waals surface area contributed by atoms with Crippen molar-refractivity contribution in [1.29, 1.82) is 5.26 Å². The summed E-state index contributed by atoms with van der Waals surface area (Å²) >= 11 is 1.66. The lowest BCUT2D eigenvalue weighted by atomic mass is 10.1. The van der Waals surface area contributed by atoms with Gasteiger partial charge < -0.3 is 0 Å². The van der Waals surface area contributed by atoms with E-state index in [0.717, 1.165) is 24.4 Å². The molecule has 0 bridgehead atoms. The summed E-state index contributed by atoms with van der Waals surface area (Å²) in [6, 6.07) is 4.88. The molecular weight excluding hydrogens is 192 g/mol. The third kappa shape index (κ3) is 1.68. The van der Waals surface area contributed by atoms with E-state index in [1.54, 1.807) is 11.3 Å². The molecule has 2 rings (SSSR count). The quantitative estimate of drug-likeness (QED) is 0.705. The maximum absolute atomic E-state index is 8.81. The number of nitrogens with zero attached hydrogens (tertiary/aromatic N) is 2. The van der Waals surface area contributed by atoms with E-state index in [2.05, 4.69) is 30.9 Å². The molecule has 0 aromatic carbocycles. The standard InChI is InChI=1S/C11H14N2S/c1-8(2)13-4-3-11-9(7-13)5-10(6-12)14-11/h5,8H,3-4,7H2,1-2H3. The van der Waals surface area contributed by atoms with E-state index in [1.807, 2.05) is 0 Å². The second-order valence-electron chi connectivity index (χ2n) is 3.99. The van der Waals surface area contributed by atoms with Crippen LogP contribution in [0.4, 0.5) is 0 Å². The van der Waals surface area contributed by atoms with Gasteiger partial charge in [0.2, 0.25) is 0 Å². The van der Waals surface area contributed by atoms with E-state index < -0.39 is 0 Å². The van der Waals surface area contributed by atoms with Crippen LogP contribution in [0.15, 0.2) is 6.07 Å². The molecule has 0 unspecified atom stereocenters. The molecule has 0 amide bonds. The molecule has 1 aromatic heterocycles. The molecule has 14 heavy (non-hydrogen) atoms. The van der Waals surface area contributed by atoms with Crippen LogP contribution in [0, 0.1) is 11.3 Å². The van der Waals surface area contributed by atoms with Crippen molar-refractivity contribution in [2.24, 2.45) is 0 Å². The highest BCUT2D eigenvalue weighted by Gasteiger charge is 2.20. The van der Waals surface area contributed by atoms with E-state index in [1.165, 1.54) is 10.4 Å². The first kappa shape index (κ1) is 9.70. The maximum atomic E-state index is 8.81. The minimum absolute atomic E-state index is 0.605. The fraction of sp³-hybridized carbons (Fsp3) is 0.545. The van der Waals surface area contributed by atoms with Crippen molar-refractivity contribution in [1.82, 2.24) is 4.90 Å². The smallest absolute Gasteiger partial charge is 0.110 e. The minimum atomic E-state index is 0.605. The molecule has 2 nitrogen and oxygen atoms in total. The summed E-state index contributed by atoms with van der Waals surface area (Å²) in [5, 5.41) is 8.81. The molecule has 3 heteroatoms. The molecule has 0 saturated carbocycles. The summed E-state index contributed by atoms with van der Waals surface area (Å²) in [6.07, 6.45) is 1.11. The van der Waals surface area contributed by atoms with Gasteiger partial charge in [-0.2, -0.15) is 5.26 Å². The van der Waals surface area contributed by atoms with Gasteiger partial charge in [0.15, 0.2) is 0 Å². The summed E-state index contributed by atoms with van der Waals surface area (Å²) < 4.78 is 0. The number of hydrogen-bond acceptors (Lipinski definition) is 3. The Morgan fingerprint density at radius 1 is 1.57 bits per heavy atom. The van der Waals surface area contributed by atoms with Gasteiger partial charge in [0.1, 0.15) is 10.9 Å². The zero-order chi connectivity index (χ0) is 10.1. The summed E-state index contributed by atoms with van der Waals surface area (Å²) in [5.41, 5.74) is 1.37. The Labute approximate surface area is 88.8 Å². The Balaban J connectivity index is 2.22. The minimum Gasteiger partial charge on any atom is -0.296 e. The van der Waals surface area contributed by atoms with Crippen LogP contribution in [0.25, 0.3) is 0 Å². The van der Waals surface area contributed by atoms with Crippen LogP contribution in [0.3, 0.4) is 0 Å². The molecule has 74 valence electrons. The highest BCUT2D eigenvalue weighted by atomic mass is 32.1. The molecule has 0 saturated heterocycles. The van der Waals surface area contributed by atoms with Crippen molar-refractivity contribution in [3.8, 4) is 6.07 Å². The van der Waals surface area contributed by atoms with Gasteiger partial charge in [0, 0.05) is 24.0 Å². The first-order valence-electron chi connectivity index (χ1n) is 4.96. The number of hydrogen-bond donors (Lipinski definition) is 0. The predicted octanol–water partition coefficient (Wildman–Crippen LogP) is 2.39. The fourth-order valence-corrected chi connectivity index (χ4v) is 2.81. The van der Waals surface area contributed by atoms with Gasteiger partial charge in [-0.3, -0.25) is 4.90 Å². The number of thiophene rings is 1. The fourth-order valence-electron chi connectivity index (χ4n) is 1.85. The van der Waals surface area contributed by atoms with Gasteiger partial charge in [-0.25, -0.2) is 0 Å². The van der Waals surface area contributed by atoms with E-state index in [4.69, 9.17) is 5.26 Å². The van der Waals surface area contributed by atoms with Crippen LogP contribution in [0.5, 0.6) is 0 Å². The summed E-state index contributed by atoms with van der Waals surface area (Å²) in [4.78, 5) is 4.73. The van der Waals surface area contributed by atoms with Gasteiger partial charge in [0.25, 0.3) is 0 Å². The van der Waals surface area contributed by atoms with E-state index >= 15 is 0 Å².